The fourth-order valence-electron chi connectivity index (χ4n) is 1.82. The lowest BCUT2D eigenvalue weighted by Crippen LogP contribution is -2.36. The molecule has 0 unspecified atom stereocenters. The van der Waals surface area contributed by atoms with Crippen molar-refractivity contribution in [1.82, 2.24) is 10.2 Å². The molecule has 0 aliphatic heterocycles. The second kappa shape index (κ2) is 6.11. The summed E-state index contributed by atoms with van der Waals surface area (Å²) in [4.78, 5) is 13.6. The van der Waals surface area contributed by atoms with Gasteiger partial charge < -0.3 is 10.2 Å². The zero-order valence-electron chi connectivity index (χ0n) is 10.3. The summed E-state index contributed by atoms with van der Waals surface area (Å²) >= 11 is 0. The van der Waals surface area contributed by atoms with Crippen molar-refractivity contribution in [2.24, 2.45) is 5.92 Å². The molecule has 0 aromatic heterocycles. The van der Waals surface area contributed by atoms with E-state index in [1.165, 1.54) is 19.3 Å². The maximum absolute atomic E-state index is 11.7. The van der Waals surface area contributed by atoms with E-state index in [1.54, 1.807) is 0 Å². The smallest absolute Gasteiger partial charge is 0.223 e. The summed E-state index contributed by atoms with van der Waals surface area (Å²) in [5.74, 6) is 1.05. The standard InChI is InChI=1S/C12H24N2O/c1-10(2)13-8-7-12(15)14(3)9-11-5-4-6-11/h10-11,13H,4-9H2,1-3H3. The maximum Gasteiger partial charge on any atom is 0.223 e. The van der Waals surface area contributed by atoms with Gasteiger partial charge in [0.2, 0.25) is 5.91 Å². The predicted molar refractivity (Wildman–Crippen MR) is 62.7 cm³/mol. The zero-order valence-corrected chi connectivity index (χ0v) is 10.3. The lowest BCUT2D eigenvalue weighted by Gasteiger charge is -2.30. The van der Waals surface area contributed by atoms with E-state index in [1.807, 2.05) is 11.9 Å². The molecule has 1 N–H and O–H groups in total. The van der Waals surface area contributed by atoms with E-state index in [2.05, 4.69) is 19.2 Å². The fourth-order valence-corrected chi connectivity index (χ4v) is 1.82. The summed E-state index contributed by atoms with van der Waals surface area (Å²) in [6.07, 6.45) is 4.59. The summed E-state index contributed by atoms with van der Waals surface area (Å²) in [6, 6.07) is 0.467. The normalized spacial score (nSPS) is 16.5. The van der Waals surface area contributed by atoms with Gasteiger partial charge in [-0.3, -0.25) is 4.79 Å². The molecule has 1 amide bonds. The molecular formula is C12H24N2O. The topological polar surface area (TPSA) is 32.3 Å². The molecule has 1 aliphatic rings. The highest BCUT2D eigenvalue weighted by Gasteiger charge is 2.20. The van der Waals surface area contributed by atoms with Crippen molar-refractivity contribution in [2.45, 2.75) is 45.6 Å². The number of hydrogen-bond acceptors (Lipinski definition) is 2. The second-order valence-electron chi connectivity index (χ2n) is 4.93. The number of amides is 1. The molecule has 0 heterocycles. The second-order valence-corrected chi connectivity index (χ2v) is 4.93. The van der Waals surface area contributed by atoms with Crippen LogP contribution in [-0.4, -0.2) is 37.0 Å². The van der Waals surface area contributed by atoms with Gasteiger partial charge in [0.1, 0.15) is 0 Å². The average molecular weight is 212 g/mol. The number of rotatable bonds is 6. The highest BCUT2D eigenvalue weighted by molar-refractivity contribution is 5.76. The predicted octanol–water partition coefficient (Wildman–Crippen LogP) is 1.63. The number of nitrogens with one attached hydrogen (secondary N) is 1. The van der Waals surface area contributed by atoms with E-state index in [0.717, 1.165) is 19.0 Å². The van der Waals surface area contributed by atoms with Crippen LogP contribution in [0.1, 0.15) is 39.5 Å². The quantitative estimate of drug-likeness (QED) is 0.726. The van der Waals surface area contributed by atoms with Crippen molar-refractivity contribution in [3.63, 3.8) is 0 Å². The molecule has 3 nitrogen and oxygen atoms in total. The molecule has 0 spiro atoms. The van der Waals surface area contributed by atoms with E-state index >= 15 is 0 Å². The number of nitrogens with zero attached hydrogens (tertiary/aromatic N) is 1. The van der Waals surface area contributed by atoms with E-state index in [4.69, 9.17) is 0 Å². The summed E-state index contributed by atoms with van der Waals surface area (Å²) in [7, 11) is 1.93. The van der Waals surface area contributed by atoms with E-state index < -0.39 is 0 Å². The van der Waals surface area contributed by atoms with Crippen LogP contribution < -0.4 is 5.32 Å². The Bertz CT molecular complexity index is 200. The van der Waals surface area contributed by atoms with Crippen LogP contribution in [-0.2, 0) is 4.79 Å². The van der Waals surface area contributed by atoms with Crippen molar-refractivity contribution in [2.75, 3.05) is 20.1 Å². The maximum atomic E-state index is 11.7. The van der Waals surface area contributed by atoms with Gasteiger partial charge in [0.15, 0.2) is 0 Å². The van der Waals surface area contributed by atoms with Crippen LogP contribution in [0.4, 0.5) is 0 Å². The van der Waals surface area contributed by atoms with Crippen LogP contribution in [0.2, 0.25) is 0 Å². The largest absolute Gasteiger partial charge is 0.345 e. The lowest BCUT2D eigenvalue weighted by atomic mass is 9.85. The van der Waals surface area contributed by atoms with Gasteiger partial charge in [-0.05, 0) is 18.8 Å². The molecule has 15 heavy (non-hydrogen) atoms. The van der Waals surface area contributed by atoms with Gasteiger partial charge in [-0.15, -0.1) is 0 Å². The van der Waals surface area contributed by atoms with Crippen molar-refractivity contribution in [1.29, 1.82) is 0 Å². The minimum Gasteiger partial charge on any atom is -0.345 e. The van der Waals surface area contributed by atoms with Crippen molar-refractivity contribution < 1.29 is 4.79 Å². The number of carbonyl (C=O) groups excluding carboxylic acids is 1. The molecular weight excluding hydrogens is 188 g/mol. The summed E-state index contributed by atoms with van der Waals surface area (Å²) in [5.41, 5.74) is 0. The molecule has 0 bridgehead atoms. The molecule has 1 saturated carbocycles. The zero-order chi connectivity index (χ0) is 11.3. The van der Waals surface area contributed by atoms with Crippen LogP contribution in [0.5, 0.6) is 0 Å². The molecule has 0 aromatic carbocycles. The Balaban J connectivity index is 2.09. The number of carbonyl (C=O) groups is 1. The SMILES string of the molecule is CC(C)NCCC(=O)N(C)CC1CCC1. The highest BCUT2D eigenvalue weighted by atomic mass is 16.2. The molecule has 88 valence electrons. The van der Waals surface area contributed by atoms with Crippen molar-refractivity contribution >= 4 is 5.91 Å². The Morgan fingerprint density at radius 2 is 2.13 bits per heavy atom. The van der Waals surface area contributed by atoms with Gasteiger partial charge in [-0.1, -0.05) is 20.3 Å². The summed E-state index contributed by atoms with van der Waals surface area (Å²) in [5, 5.41) is 3.27. The lowest BCUT2D eigenvalue weighted by molar-refractivity contribution is -0.130. The first-order chi connectivity index (χ1) is 7.09. The van der Waals surface area contributed by atoms with Crippen LogP contribution in [0.3, 0.4) is 0 Å². The van der Waals surface area contributed by atoms with Crippen LogP contribution >= 0.6 is 0 Å². The van der Waals surface area contributed by atoms with Crippen LogP contribution in [0.25, 0.3) is 0 Å². The Morgan fingerprint density at radius 1 is 1.47 bits per heavy atom. The van der Waals surface area contributed by atoms with E-state index in [-0.39, 0.29) is 5.91 Å². The summed E-state index contributed by atoms with van der Waals surface area (Å²) < 4.78 is 0. The summed E-state index contributed by atoms with van der Waals surface area (Å²) in [6.45, 7) is 5.96. The molecule has 0 atom stereocenters. The Hall–Kier alpha value is -0.570. The van der Waals surface area contributed by atoms with E-state index in [0.29, 0.717) is 12.5 Å². The third-order valence-corrected chi connectivity index (χ3v) is 3.07. The van der Waals surface area contributed by atoms with Crippen molar-refractivity contribution in [3.05, 3.63) is 0 Å². The molecule has 0 aromatic rings. The monoisotopic (exact) mass is 212 g/mol. The van der Waals surface area contributed by atoms with Crippen LogP contribution in [0, 0.1) is 5.92 Å². The Morgan fingerprint density at radius 3 is 2.60 bits per heavy atom. The van der Waals surface area contributed by atoms with Gasteiger partial charge in [-0.25, -0.2) is 0 Å². The van der Waals surface area contributed by atoms with Gasteiger partial charge in [0.25, 0.3) is 0 Å². The van der Waals surface area contributed by atoms with E-state index in [9.17, 15) is 4.79 Å². The first kappa shape index (κ1) is 12.5. The highest BCUT2D eigenvalue weighted by Crippen LogP contribution is 2.26. The molecule has 1 rings (SSSR count). The third-order valence-electron chi connectivity index (χ3n) is 3.07. The van der Waals surface area contributed by atoms with Crippen molar-refractivity contribution in [3.8, 4) is 0 Å². The first-order valence-corrected chi connectivity index (χ1v) is 6.07. The average Bonchev–Trinajstić information content (AvgIpc) is 2.10. The minimum atomic E-state index is 0.273. The van der Waals surface area contributed by atoms with Gasteiger partial charge in [0, 0.05) is 32.6 Å². The third kappa shape index (κ3) is 4.65. The molecule has 1 aliphatic carbocycles. The van der Waals surface area contributed by atoms with Crippen LogP contribution in [0.15, 0.2) is 0 Å². The Labute approximate surface area is 93.2 Å². The van der Waals surface area contributed by atoms with Gasteiger partial charge in [0.05, 0.1) is 0 Å². The molecule has 0 radical (unpaired) electrons. The first-order valence-electron chi connectivity index (χ1n) is 6.07. The van der Waals surface area contributed by atoms with Gasteiger partial charge >= 0.3 is 0 Å². The fraction of sp³-hybridized carbons (Fsp3) is 0.917. The minimum absolute atomic E-state index is 0.273. The van der Waals surface area contributed by atoms with Gasteiger partial charge in [-0.2, -0.15) is 0 Å². The molecule has 0 saturated heterocycles. The number of hydrogen-bond donors (Lipinski definition) is 1. The molecule has 1 fully saturated rings. The molecule has 3 heteroatoms. The Kier molecular flexibility index (Phi) is 5.09.